The number of epoxide rings is 1. The Labute approximate surface area is 50.0 Å². The Morgan fingerprint density at radius 1 is 2.00 bits per heavy atom. The molecule has 0 bridgehead atoms. The molecule has 0 radical (unpaired) electrons. The lowest BCUT2D eigenvalue weighted by Crippen LogP contribution is -1.96. The Morgan fingerprint density at radius 2 is 2.43 bits per heavy atom. The quantitative estimate of drug-likeness (QED) is 0.429. The Hall–Kier alpha value is -0.0500. The third-order valence-electron chi connectivity index (χ3n) is 0.972. The highest BCUT2D eigenvalue weighted by Crippen LogP contribution is 2.38. The van der Waals surface area contributed by atoms with Gasteiger partial charge in [0.25, 0.3) is 4.51 Å². The van der Waals surface area contributed by atoms with Crippen LogP contribution in [-0.4, -0.2) is 10.5 Å². The van der Waals surface area contributed by atoms with Gasteiger partial charge in [-0.1, -0.05) is 6.92 Å². The van der Waals surface area contributed by atoms with Gasteiger partial charge in [0.2, 0.25) is 0 Å². The van der Waals surface area contributed by atoms with Crippen LogP contribution in [0.2, 0.25) is 0 Å². The van der Waals surface area contributed by atoms with Crippen molar-refractivity contribution >= 4 is 21.9 Å². The van der Waals surface area contributed by atoms with Gasteiger partial charge in [-0.05, 0) is 15.9 Å². The first kappa shape index (κ1) is 5.09. The van der Waals surface area contributed by atoms with Crippen LogP contribution in [0.25, 0.3) is 0 Å². The molecule has 1 rings (SSSR count). The van der Waals surface area contributed by atoms with E-state index in [1.807, 2.05) is 6.92 Å². The van der Waals surface area contributed by atoms with Crippen LogP contribution >= 0.6 is 15.9 Å². The summed E-state index contributed by atoms with van der Waals surface area (Å²) in [7, 11) is 0. The van der Waals surface area contributed by atoms with Crippen molar-refractivity contribution in [3.05, 3.63) is 0 Å². The van der Waals surface area contributed by atoms with Gasteiger partial charge >= 0.3 is 5.97 Å². The van der Waals surface area contributed by atoms with E-state index in [1.165, 1.54) is 0 Å². The van der Waals surface area contributed by atoms with Crippen molar-refractivity contribution < 1.29 is 9.53 Å². The lowest BCUT2D eigenvalue weighted by molar-refractivity contribution is -0.117. The summed E-state index contributed by atoms with van der Waals surface area (Å²) in [5.74, 6) is -0.144. The largest absolute Gasteiger partial charge is 0.432 e. The molecule has 0 aromatic rings. The van der Waals surface area contributed by atoms with E-state index in [2.05, 4.69) is 20.7 Å². The fourth-order valence-corrected chi connectivity index (χ4v) is 0.485. The number of halogens is 1. The van der Waals surface area contributed by atoms with Crippen molar-refractivity contribution in [3.63, 3.8) is 0 Å². The van der Waals surface area contributed by atoms with Gasteiger partial charge in [0.15, 0.2) is 0 Å². The molecule has 0 aromatic carbocycles. The highest BCUT2D eigenvalue weighted by atomic mass is 79.9. The molecule has 1 fully saturated rings. The zero-order valence-corrected chi connectivity index (χ0v) is 5.49. The molecule has 1 saturated heterocycles. The zero-order valence-electron chi connectivity index (χ0n) is 3.90. The fourth-order valence-electron chi connectivity index (χ4n) is 0.338. The van der Waals surface area contributed by atoms with E-state index in [0.717, 1.165) is 0 Å². The van der Waals surface area contributed by atoms with Crippen LogP contribution in [0.1, 0.15) is 13.3 Å². The van der Waals surface area contributed by atoms with Gasteiger partial charge in [-0.15, -0.1) is 0 Å². The number of cyclic esters (lactones) is 1. The van der Waals surface area contributed by atoms with Crippen molar-refractivity contribution in [2.24, 2.45) is 0 Å². The fraction of sp³-hybridized carbons (Fsp3) is 0.750. The smallest absolute Gasteiger partial charge is 0.363 e. The minimum atomic E-state index is -0.576. The second kappa shape index (κ2) is 1.22. The molecule has 0 aromatic heterocycles. The zero-order chi connectivity index (χ0) is 5.49. The summed E-state index contributed by atoms with van der Waals surface area (Å²) in [6, 6.07) is 0. The van der Waals surface area contributed by atoms with Crippen LogP contribution in [0, 0.1) is 0 Å². The number of hydrogen-bond donors (Lipinski definition) is 0. The molecule has 2 nitrogen and oxygen atoms in total. The Kier molecular flexibility index (Phi) is 0.885. The van der Waals surface area contributed by atoms with E-state index in [4.69, 9.17) is 0 Å². The summed E-state index contributed by atoms with van der Waals surface area (Å²) in [5.41, 5.74) is 0. The van der Waals surface area contributed by atoms with Crippen LogP contribution in [0.15, 0.2) is 0 Å². The second-order valence-electron chi connectivity index (χ2n) is 1.47. The van der Waals surface area contributed by atoms with Gasteiger partial charge in [-0.3, -0.25) is 0 Å². The third kappa shape index (κ3) is 0.650. The molecule has 40 valence electrons. The summed E-state index contributed by atoms with van der Waals surface area (Å²) >= 11 is 3.08. The molecule has 0 N–H and O–H groups in total. The van der Waals surface area contributed by atoms with Gasteiger partial charge in [0, 0.05) is 6.42 Å². The van der Waals surface area contributed by atoms with Crippen molar-refractivity contribution in [3.8, 4) is 0 Å². The predicted molar refractivity (Wildman–Crippen MR) is 28.0 cm³/mol. The molecule has 1 heterocycles. The Bertz CT molecular complexity index is 112. The van der Waals surface area contributed by atoms with Gasteiger partial charge in [0.05, 0.1) is 0 Å². The maximum atomic E-state index is 10.2. The number of hydrogen-bond acceptors (Lipinski definition) is 2. The van der Waals surface area contributed by atoms with E-state index in [-0.39, 0.29) is 5.97 Å². The average Bonchev–Trinajstić information content (AvgIpc) is 2.18. The maximum Gasteiger partial charge on any atom is 0.363 e. The van der Waals surface area contributed by atoms with Crippen LogP contribution in [0.5, 0.6) is 0 Å². The molecule has 1 unspecified atom stereocenters. The third-order valence-corrected chi connectivity index (χ3v) is 2.02. The molecule has 1 aliphatic heterocycles. The monoisotopic (exact) mass is 164 g/mol. The van der Waals surface area contributed by atoms with Crippen molar-refractivity contribution in [2.75, 3.05) is 0 Å². The van der Waals surface area contributed by atoms with Crippen LogP contribution in [-0.2, 0) is 9.53 Å². The molecule has 3 heteroatoms. The van der Waals surface area contributed by atoms with Gasteiger partial charge in [0.1, 0.15) is 0 Å². The minimum Gasteiger partial charge on any atom is -0.432 e. The second-order valence-corrected chi connectivity index (χ2v) is 2.75. The number of ether oxygens (including phenoxy) is 1. The lowest BCUT2D eigenvalue weighted by atomic mass is 10.4. The highest BCUT2D eigenvalue weighted by molar-refractivity contribution is 9.10. The van der Waals surface area contributed by atoms with E-state index in [9.17, 15) is 4.79 Å². The van der Waals surface area contributed by atoms with E-state index in [0.29, 0.717) is 6.42 Å². The van der Waals surface area contributed by atoms with Crippen molar-refractivity contribution in [1.82, 2.24) is 0 Å². The summed E-state index contributed by atoms with van der Waals surface area (Å²) < 4.78 is 3.95. The topological polar surface area (TPSA) is 29.6 Å². The number of carbonyl (C=O) groups is 1. The average molecular weight is 165 g/mol. The van der Waals surface area contributed by atoms with Crippen molar-refractivity contribution in [1.29, 1.82) is 0 Å². The van der Waals surface area contributed by atoms with Crippen molar-refractivity contribution in [2.45, 2.75) is 17.9 Å². The molecule has 0 amide bonds. The lowest BCUT2D eigenvalue weighted by Gasteiger charge is -1.84. The predicted octanol–water partition coefficient (Wildman–Crippen LogP) is 1.04. The number of rotatable bonds is 1. The highest BCUT2D eigenvalue weighted by Gasteiger charge is 2.54. The van der Waals surface area contributed by atoms with Gasteiger partial charge in [-0.25, -0.2) is 4.79 Å². The summed E-state index contributed by atoms with van der Waals surface area (Å²) in [5, 5.41) is 0. The first-order valence-corrected chi connectivity index (χ1v) is 2.91. The van der Waals surface area contributed by atoms with E-state index < -0.39 is 4.51 Å². The van der Waals surface area contributed by atoms with E-state index in [1.54, 1.807) is 0 Å². The first-order chi connectivity index (χ1) is 3.19. The standard InChI is InChI=1S/C4H5BrO2/c1-2-4(5)3(6)7-4/h2H2,1H3. The molecule has 0 spiro atoms. The minimum absolute atomic E-state index is 0.144. The van der Waals surface area contributed by atoms with E-state index >= 15 is 0 Å². The molecular formula is C4H5BrO2. The molecule has 1 atom stereocenters. The first-order valence-electron chi connectivity index (χ1n) is 2.11. The summed E-state index contributed by atoms with van der Waals surface area (Å²) in [6.45, 7) is 1.89. The molecular weight excluding hydrogens is 160 g/mol. The summed E-state index contributed by atoms with van der Waals surface area (Å²) in [4.78, 5) is 10.2. The molecule has 0 saturated carbocycles. The number of alkyl halides is 1. The normalized spacial score (nSPS) is 37.7. The van der Waals surface area contributed by atoms with Crippen LogP contribution in [0.4, 0.5) is 0 Å². The Balaban J connectivity index is 2.52. The number of carbonyl (C=O) groups excluding carboxylic acids is 1. The summed E-state index contributed by atoms with van der Waals surface area (Å²) in [6.07, 6.45) is 0.714. The maximum absolute atomic E-state index is 10.2. The Morgan fingerprint density at radius 3 is 2.43 bits per heavy atom. The molecule has 7 heavy (non-hydrogen) atoms. The SMILES string of the molecule is CCC1(Br)OC1=O. The molecule has 0 aliphatic carbocycles. The van der Waals surface area contributed by atoms with Crippen LogP contribution in [0.3, 0.4) is 0 Å². The molecule has 1 aliphatic rings. The van der Waals surface area contributed by atoms with Gasteiger partial charge < -0.3 is 4.74 Å². The van der Waals surface area contributed by atoms with Crippen LogP contribution < -0.4 is 0 Å². The van der Waals surface area contributed by atoms with Gasteiger partial charge in [-0.2, -0.15) is 0 Å².